The Balaban J connectivity index is 2.58. The Morgan fingerprint density at radius 1 is 1.37 bits per heavy atom. The van der Waals surface area contributed by atoms with E-state index in [0.29, 0.717) is 22.6 Å². The van der Waals surface area contributed by atoms with Crippen molar-refractivity contribution in [1.82, 2.24) is 10.4 Å². The third kappa shape index (κ3) is 2.49. The second kappa shape index (κ2) is 5.64. The highest BCUT2D eigenvalue weighted by molar-refractivity contribution is 5.52. The first-order chi connectivity index (χ1) is 9.19. The number of nitrogen functional groups attached to an aromatic ring is 1. The Hall–Kier alpha value is -2.18. The quantitative estimate of drug-likeness (QED) is 0.572. The lowest BCUT2D eigenvalue weighted by Gasteiger charge is -2.21. The van der Waals surface area contributed by atoms with Crippen LogP contribution in [0.25, 0.3) is 0 Å². The van der Waals surface area contributed by atoms with Crippen LogP contribution in [-0.2, 0) is 0 Å². The molecule has 100 valence electrons. The number of hydrogen-bond acceptors (Lipinski definition) is 5. The third-order valence-electron chi connectivity index (χ3n) is 2.89. The highest BCUT2D eigenvalue weighted by Gasteiger charge is 2.23. The van der Waals surface area contributed by atoms with Gasteiger partial charge in [0.1, 0.15) is 11.6 Å². The van der Waals surface area contributed by atoms with Crippen LogP contribution in [0.2, 0.25) is 0 Å². The Kier molecular flexibility index (Phi) is 3.94. The van der Waals surface area contributed by atoms with Crippen LogP contribution in [0.15, 0.2) is 36.7 Å². The lowest BCUT2D eigenvalue weighted by Crippen LogP contribution is -2.30. The van der Waals surface area contributed by atoms with Gasteiger partial charge in [0.2, 0.25) is 0 Å². The number of anilines is 1. The molecule has 5 nitrogen and oxygen atoms in total. The molecule has 1 heterocycles. The maximum Gasteiger partial charge on any atom is 0.132 e. The Morgan fingerprint density at radius 3 is 2.79 bits per heavy atom. The molecular formula is C13H15FN4O. The smallest absolute Gasteiger partial charge is 0.132 e. The van der Waals surface area contributed by atoms with Crippen molar-refractivity contribution in [3.63, 3.8) is 0 Å². The number of hydrogen-bond donors (Lipinski definition) is 3. The van der Waals surface area contributed by atoms with Gasteiger partial charge in [0, 0.05) is 23.6 Å². The van der Waals surface area contributed by atoms with Gasteiger partial charge in [-0.2, -0.15) is 0 Å². The zero-order chi connectivity index (χ0) is 13.8. The third-order valence-corrected chi connectivity index (χ3v) is 2.89. The van der Waals surface area contributed by atoms with E-state index in [9.17, 15) is 4.39 Å². The molecule has 1 aromatic carbocycles. The van der Waals surface area contributed by atoms with Crippen molar-refractivity contribution in [2.45, 2.75) is 6.04 Å². The van der Waals surface area contributed by atoms with Gasteiger partial charge in [0.15, 0.2) is 0 Å². The average Bonchev–Trinajstić information content (AvgIpc) is 2.43. The van der Waals surface area contributed by atoms with Crippen LogP contribution in [0, 0.1) is 5.82 Å². The summed E-state index contributed by atoms with van der Waals surface area (Å²) in [7, 11) is 1.47. The summed E-state index contributed by atoms with van der Waals surface area (Å²) < 4.78 is 19.2. The lowest BCUT2D eigenvalue weighted by atomic mass is 9.98. The van der Waals surface area contributed by atoms with Gasteiger partial charge in [-0.05, 0) is 18.2 Å². The molecule has 0 fully saturated rings. The second-order valence-corrected chi connectivity index (χ2v) is 3.96. The molecule has 1 unspecified atom stereocenters. The van der Waals surface area contributed by atoms with Gasteiger partial charge in [-0.1, -0.05) is 6.07 Å². The molecule has 0 bridgehead atoms. The summed E-state index contributed by atoms with van der Waals surface area (Å²) in [6, 6.07) is 5.57. The maximum atomic E-state index is 14.1. The molecule has 0 spiro atoms. The summed E-state index contributed by atoms with van der Waals surface area (Å²) >= 11 is 0. The normalized spacial score (nSPS) is 12.2. The molecule has 0 amide bonds. The number of aromatic nitrogens is 1. The van der Waals surface area contributed by atoms with E-state index >= 15 is 0 Å². The molecule has 0 saturated heterocycles. The number of nitrogens with zero attached hydrogens (tertiary/aromatic N) is 1. The topological polar surface area (TPSA) is 86.2 Å². The molecule has 2 rings (SSSR count). The van der Waals surface area contributed by atoms with Crippen molar-refractivity contribution < 1.29 is 9.13 Å². The molecule has 5 N–H and O–H groups in total. The van der Waals surface area contributed by atoms with E-state index in [-0.39, 0.29) is 0 Å². The fourth-order valence-corrected chi connectivity index (χ4v) is 1.96. The van der Waals surface area contributed by atoms with Crippen LogP contribution in [0.3, 0.4) is 0 Å². The standard InChI is InChI=1S/C13H15FN4O/c1-19-11-4-2-3-9(14)12(11)13(18-16)8-7-17-6-5-10(8)15/h2-7,13,18H,16H2,1H3,(H2,15,17). The Labute approximate surface area is 110 Å². The molecule has 0 aliphatic heterocycles. The number of pyridine rings is 1. The summed E-state index contributed by atoms with van der Waals surface area (Å²) in [6.07, 6.45) is 3.11. The van der Waals surface area contributed by atoms with Gasteiger partial charge in [-0.3, -0.25) is 10.8 Å². The van der Waals surface area contributed by atoms with Crippen LogP contribution in [0.1, 0.15) is 17.2 Å². The minimum atomic E-state index is -0.634. The van der Waals surface area contributed by atoms with E-state index in [1.165, 1.54) is 13.2 Å². The number of methoxy groups -OCH3 is 1. The summed E-state index contributed by atoms with van der Waals surface area (Å²) in [5, 5.41) is 0. The van der Waals surface area contributed by atoms with Crippen LogP contribution >= 0.6 is 0 Å². The Morgan fingerprint density at radius 2 is 2.16 bits per heavy atom. The van der Waals surface area contributed by atoms with Crippen LogP contribution < -0.4 is 21.7 Å². The minimum Gasteiger partial charge on any atom is -0.496 e. The largest absolute Gasteiger partial charge is 0.496 e. The van der Waals surface area contributed by atoms with Crippen LogP contribution in [-0.4, -0.2) is 12.1 Å². The molecule has 0 radical (unpaired) electrons. The first-order valence-electron chi connectivity index (χ1n) is 5.67. The first kappa shape index (κ1) is 13.3. The predicted molar refractivity (Wildman–Crippen MR) is 70.8 cm³/mol. The summed E-state index contributed by atoms with van der Waals surface area (Å²) in [5.74, 6) is 5.51. The SMILES string of the molecule is COc1cccc(F)c1C(NN)c1cnccc1N. The molecular weight excluding hydrogens is 247 g/mol. The Bertz CT molecular complexity index is 576. The van der Waals surface area contributed by atoms with E-state index in [1.807, 2.05) is 0 Å². The summed E-state index contributed by atoms with van der Waals surface area (Å²) in [6.45, 7) is 0. The highest BCUT2D eigenvalue weighted by Crippen LogP contribution is 2.33. The second-order valence-electron chi connectivity index (χ2n) is 3.96. The molecule has 2 aromatic rings. The van der Waals surface area contributed by atoms with E-state index in [0.717, 1.165) is 0 Å². The number of nitrogens with two attached hydrogens (primary N) is 2. The van der Waals surface area contributed by atoms with Gasteiger partial charge in [0.05, 0.1) is 18.7 Å². The number of rotatable bonds is 4. The van der Waals surface area contributed by atoms with Gasteiger partial charge < -0.3 is 10.5 Å². The van der Waals surface area contributed by atoms with Crippen molar-refractivity contribution in [2.24, 2.45) is 5.84 Å². The van der Waals surface area contributed by atoms with E-state index in [4.69, 9.17) is 16.3 Å². The van der Waals surface area contributed by atoms with Gasteiger partial charge in [0.25, 0.3) is 0 Å². The van der Waals surface area contributed by atoms with Crippen molar-refractivity contribution >= 4 is 5.69 Å². The van der Waals surface area contributed by atoms with E-state index in [2.05, 4.69) is 10.4 Å². The summed E-state index contributed by atoms with van der Waals surface area (Å²) in [5.41, 5.74) is 9.79. The number of halogens is 1. The zero-order valence-electron chi connectivity index (χ0n) is 10.4. The molecule has 0 aliphatic carbocycles. The average molecular weight is 262 g/mol. The van der Waals surface area contributed by atoms with Crippen molar-refractivity contribution in [3.8, 4) is 5.75 Å². The number of ether oxygens (including phenoxy) is 1. The van der Waals surface area contributed by atoms with E-state index < -0.39 is 11.9 Å². The molecule has 6 heteroatoms. The van der Waals surface area contributed by atoms with Crippen molar-refractivity contribution in [1.29, 1.82) is 0 Å². The number of nitrogens with one attached hydrogen (secondary N) is 1. The van der Waals surface area contributed by atoms with Crippen LogP contribution in [0.4, 0.5) is 10.1 Å². The molecule has 0 saturated carbocycles. The highest BCUT2D eigenvalue weighted by atomic mass is 19.1. The number of hydrazine groups is 1. The predicted octanol–water partition coefficient (Wildman–Crippen LogP) is 1.36. The first-order valence-corrected chi connectivity index (χ1v) is 5.67. The van der Waals surface area contributed by atoms with Crippen molar-refractivity contribution in [2.75, 3.05) is 12.8 Å². The number of benzene rings is 1. The fourth-order valence-electron chi connectivity index (χ4n) is 1.96. The maximum absolute atomic E-state index is 14.1. The zero-order valence-corrected chi connectivity index (χ0v) is 10.4. The van der Waals surface area contributed by atoms with Gasteiger partial charge in [-0.15, -0.1) is 0 Å². The summed E-state index contributed by atoms with van der Waals surface area (Å²) in [4.78, 5) is 3.99. The molecule has 0 aliphatic rings. The fraction of sp³-hybridized carbons (Fsp3) is 0.154. The minimum absolute atomic E-state index is 0.298. The molecule has 1 atom stereocenters. The van der Waals surface area contributed by atoms with Gasteiger partial charge >= 0.3 is 0 Å². The van der Waals surface area contributed by atoms with E-state index in [1.54, 1.807) is 30.6 Å². The monoisotopic (exact) mass is 262 g/mol. The van der Waals surface area contributed by atoms with Crippen LogP contribution in [0.5, 0.6) is 5.75 Å². The van der Waals surface area contributed by atoms with Crippen molar-refractivity contribution in [3.05, 3.63) is 53.6 Å². The molecule has 1 aromatic heterocycles. The molecule has 19 heavy (non-hydrogen) atoms. The lowest BCUT2D eigenvalue weighted by molar-refractivity contribution is 0.397. The van der Waals surface area contributed by atoms with Gasteiger partial charge in [-0.25, -0.2) is 9.82 Å².